The lowest BCUT2D eigenvalue weighted by molar-refractivity contribution is 0.0975. The van der Waals surface area contributed by atoms with Gasteiger partial charge >= 0.3 is 0 Å². The minimum absolute atomic E-state index is 0.0728. The Morgan fingerprint density at radius 2 is 2.19 bits per heavy atom. The van der Waals surface area contributed by atoms with Crippen LogP contribution in [0.2, 0.25) is 5.02 Å². The lowest BCUT2D eigenvalue weighted by Crippen LogP contribution is -2.38. The number of pyridine rings is 1. The molecule has 0 atom stereocenters. The highest BCUT2D eigenvalue weighted by Gasteiger charge is 2.26. The van der Waals surface area contributed by atoms with Crippen molar-refractivity contribution in [1.82, 2.24) is 4.98 Å². The molecule has 6 heteroatoms. The second kappa shape index (κ2) is 5.33. The number of ether oxygens (including phenoxy) is 1. The fourth-order valence-electron chi connectivity index (χ4n) is 2.19. The summed E-state index contributed by atoms with van der Waals surface area (Å²) in [6.07, 6.45) is 0. The predicted octanol–water partition coefficient (Wildman–Crippen LogP) is 3.22. The van der Waals surface area contributed by atoms with Crippen LogP contribution in [0.25, 0.3) is 0 Å². The van der Waals surface area contributed by atoms with E-state index in [0.29, 0.717) is 30.3 Å². The Bertz CT molecular complexity index is 721. The Hall–Kier alpha value is -2.14. The summed E-state index contributed by atoms with van der Waals surface area (Å²) < 4.78 is 18.7. The molecule has 0 N–H and O–H groups in total. The minimum Gasteiger partial charge on any atom is -0.474 e. The van der Waals surface area contributed by atoms with Crippen molar-refractivity contribution in [3.8, 4) is 5.88 Å². The maximum absolute atomic E-state index is 13.2. The molecule has 1 aromatic carbocycles. The third-order valence-corrected chi connectivity index (χ3v) is 3.53. The number of carbonyl (C=O) groups is 1. The van der Waals surface area contributed by atoms with Gasteiger partial charge in [0.2, 0.25) is 5.88 Å². The molecule has 0 unspecified atom stereocenters. The smallest absolute Gasteiger partial charge is 0.258 e. The van der Waals surface area contributed by atoms with E-state index in [2.05, 4.69) is 4.98 Å². The van der Waals surface area contributed by atoms with Gasteiger partial charge in [0.15, 0.2) is 0 Å². The van der Waals surface area contributed by atoms with Gasteiger partial charge in [-0.1, -0.05) is 11.6 Å². The first kappa shape index (κ1) is 13.8. The van der Waals surface area contributed by atoms with Gasteiger partial charge < -0.3 is 9.64 Å². The van der Waals surface area contributed by atoms with Crippen LogP contribution in [0.5, 0.6) is 5.88 Å². The Kier molecular flexibility index (Phi) is 3.51. The van der Waals surface area contributed by atoms with E-state index in [1.165, 1.54) is 18.2 Å². The number of fused-ring (bicyclic) bond motifs is 1. The van der Waals surface area contributed by atoms with Crippen molar-refractivity contribution in [1.29, 1.82) is 0 Å². The Balaban J connectivity index is 1.98. The van der Waals surface area contributed by atoms with E-state index < -0.39 is 5.82 Å². The molecule has 0 aliphatic carbocycles. The number of nitrogens with zero attached hydrogens (tertiary/aromatic N) is 2. The summed E-state index contributed by atoms with van der Waals surface area (Å²) in [6, 6.07) is 7.53. The van der Waals surface area contributed by atoms with Gasteiger partial charge in [0, 0.05) is 11.3 Å². The number of amides is 1. The highest BCUT2D eigenvalue weighted by Crippen LogP contribution is 2.31. The summed E-state index contributed by atoms with van der Waals surface area (Å²) in [6.45, 7) is 2.62. The van der Waals surface area contributed by atoms with Crippen molar-refractivity contribution in [2.75, 3.05) is 18.1 Å². The van der Waals surface area contributed by atoms with E-state index in [0.717, 1.165) is 5.69 Å². The molecule has 1 amide bonds. The molecule has 2 heterocycles. The largest absolute Gasteiger partial charge is 0.474 e. The molecular formula is C15H12ClFN2O2. The number of aryl methyl sites for hydroxylation is 1. The lowest BCUT2D eigenvalue weighted by atomic mass is 10.1. The maximum atomic E-state index is 13.2. The average Bonchev–Trinajstić information content (AvgIpc) is 2.48. The Labute approximate surface area is 126 Å². The second-order valence-corrected chi connectivity index (χ2v) is 5.12. The Morgan fingerprint density at radius 1 is 1.38 bits per heavy atom. The van der Waals surface area contributed by atoms with Gasteiger partial charge in [-0.2, -0.15) is 0 Å². The molecule has 0 bridgehead atoms. The van der Waals surface area contributed by atoms with Crippen LogP contribution in [0, 0.1) is 12.7 Å². The molecule has 1 aromatic heterocycles. The van der Waals surface area contributed by atoms with Crippen LogP contribution in [0.4, 0.5) is 10.1 Å². The van der Waals surface area contributed by atoms with Crippen molar-refractivity contribution in [2.45, 2.75) is 6.92 Å². The number of aromatic nitrogens is 1. The zero-order valence-electron chi connectivity index (χ0n) is 11.3. The van der Waals surface area contributed by atoms with E-state index in [1.54, 1.807) is 11.0 Å². The third kappa shape index (κ3) is 2.56. The quantitative estimate of drug-likeness (QED) is 0.812. The predicted molar refractivity (Wildman–Crippen MR) is 77.6 cm³/mol. The summed E-state index contributed by atoms with van der Waals surface area (Å²) in [5, 5.41) is -0.0728. The molecule has 0 fully saturated rings. The summed E-state index contributed by atoms with van der Waals surface area (Å²) >= 11 is 5.74. The summed E-state index contributed by atoms with van der Waals surface area (Å²) in [5.74, 6) is -0.372. The lowest BCUT2D eigenvalue weighted by Gasteiger charge is -2.28. The second-order valence-electron chi connectivity index (χ2n) is 4.71. The highest BCUT2D eigenvalue weighted by molar-refractivity contribution is 6.31. The van der Waals surface area contributed by atoms with Crippen molar-refractivity contribution < 1.29 is 13.9 Å². The van der Waals surface area contributed by atoms with E-state index >= 15 is 0 Å². The Morgan fingerprint density at radius 3 is 2.95 bits per heavy atom. The number of rotatable bonds is 1. The van der Waals surface area contributed by atoms with E-state index in [1.807, 2.05) is 13.0 Å². The van der Waals surface area contributed by atoms with Crippen molar-refractivity contribution in [3.05, 3.63) is 52.4 Å². The number of carbonyl (C=O) groups excluding carboxylic acids is 1. The fraction of sp³-hybridized carbons (Fsp3) is 0.200. The molecule has 0 saturated carbocycles. The van der Waals surface area contributed by atoms with E-state index in [4.69, 9.17) is 16.3 Å². The van der Waals surface area contributed by atoms with Crippen LogP contribution >= 0.6 is 11.6 Å². The molecule has 1 aliphatic heterocycles. The van der Waals surface area contributed by atoms with Gasteiger partial charge in [0.1, 0.15) is 18.1 Å². The van der Waals surface area contributed by atoms with Gasteiger partial charge in [-0.25, -0.2) is 9.37 Å². The first-order valence-corrected chi connectivity index (χ1v) is 6.81. The molecule has 1 aliphatic rings. The number of halogens is 2. The zero-order valence-corrected chi connectivity index (χ0v) is 12.0. The molecule has 108 valence electrons. The van der Waals surface area contributed by atoms with Gasteiger partial charge in [0.05, 0.1) is 11.6 Å². The van der Waals surface area contributed by atoms with Crippen LogP contribution in [-0.4, -0.2) is 24.0 Å². The maximum Gasteiger partial charge on any atom is 0.258 e. The molecule has 0 spiro atoms. The van der Waals surface area contributed by atoms with Crippen molar-refractivity contribution in [3.63, 3.8) is 0 Å². The van der Waals surface area contributed by atoms with Crippen LogP contribution in [-0.2, 0) is 0 Å². The topological polar surface area (TPSA) is 42.4 Å². The van der Waals surface area contributed by atoms with Gasteiger partial charge in [-0.3, -0.25) is 4.79 Å². The summed E-state index contributed by atoms with van der Waals surface area (Å²) in [4.78, 5) is 18.4. The van der Waals surface area contributed by atoms with E-state index in [9.17, 15) is 9.18 Å². The van der Waals surface area contributed by atoms with Crippen molar-refractivity contribution in [2.24, 2.45) is 0 Å². The molecular weight excluding hydrogens is 295 g/mol. The molecule has 2 aromatic rings. The number of benzene rings is 1. The van der Waals surface area contributed by atoms with Crippen LogP contribution in [0.3, 0.4) is 0 Å². The molecule has 21 heavy (non-hydrogen) atoms. The number of anilines is 1. The van der Waals surface area contributed by atoms with Gasteiger partial charge in [-0.05, 0) is 37.3 Å². The standard InChI is InChI=1S/C15H12ClFN2O2/c1-9-2-5-13-14(18-9)21-7-6-19(13)15(20)10-3-4-12(17)11(16)8-10/h2-5,8H,6-7H2,1H3. The average molecular weight is 307 g/mol. The summed E-state index contributed by atoms with van der Waals surface area (Å²) in [7, 11) is 0. The molecule has 3 rings (SSSR count). The molecule has 0 saturated heterocycles. The highest BCUT2D eigenvalue weighted by atomic mass is 35.5. The van der Waals surface area contributed by atoms with Gasteiger partial charge in [0.25, 0.3) is 5.91 Å². The van der Waals surface area contributed by atoms with Crippen LogP contribution in [0.1, 0.15) is 16.1 Å². The molecule has 4 nitrogen and oxygen atoms in total. The number of hydrogen-bond donors (Lipinski definition) is 0. The van der Waals surface area contributed by atoms with Gasteiger partial charge in [-0.15, -0.1) is 0 Å². The van der Waals surface area contributed by atoms with Crippen molar-refractivity contribution >= 4 is 23.2 Å². The minimum atomic E-state index is -0.548. The first-order chi connectivity index (χ1) is 10.1. The molecule has 0 radical (unpaired) electrons. The third-order valence-electron chi connectivity index (χ3n) is 3.24. The first-order valence-electron chi connectivity index (χ1n) is 6.43. The zero-order chi connectivity index (χ0) is 15.0. The van der Waals surface area contributed by atoms with Crippen LogP contribution in [0.15, 0.2) is 30.3 Å². The normalized spacial score (nSPS) is 13.6. The van der Waals surface area contributed by atoms with Crippen LogP contribution < -0.4 is 9.64 Å². The SMILES string of the molecule is Cc1ccc2c(n1)OCCN2C(=O)c1ccc(F)c(Cl)c1. The fourth-order valence-corrected chi connectivity index (χ4v) is 2.37. The summed E-state index contributed by atoms with van der Waals surface area (Å²) in [5.41, 5.74) is 1.75. The van der Waals surface area contributed by atoms with E-state index in [-0.39, 0.29) is 10.9 Å². The monoisotopic (exact) mass is 306 g/mol. The number of hydrogen-bond acceptors (Lipinski definition) is 3.